The minimum absolute atomic E-state index is 0.0941. The second-order valence-electron chi connectivity index (χ2n) is 29.3. The molecule has 109 heavy (non-hydrogen) atoms. The molecule has 630 valence electrons. The van der Waals surface area contributed by atoms with Gasteiger partial charge >= 0.3 is 33.6 Å². The van der Waals surface area contributed by atoms with E-state index < -0.39 is 91.5 Å². The summed E-state index contributed by atoms with van der Waals surface area (Å²) in [7, 11) is -9.79. The normalized spacial score (nSPS) is 14.4. The SMILES string of the molecule is CC/C=C\C/C=C\C/C=C\C/C=C\C/C=C\CCCCCCCCCCCCCCCC(=O)OCC(COP(=O)(O)OCC(O)COP(=O)(O)OCC(O)COC(=O)CCCCCCCCCCCCCCCCCCC/C=C\C/C=C\C/C=C\C/C=C\CCCCC)OC(=O)CCCCCCC/C=C\CCCC. The molecule has 0 rings (SSSR count). The number of hydrogen-bond acceptors (Lipinski definition) is 14. The topological polar surface area (TPSA) is 231 Å². The summed E-state index contributed by atoms with van der Waals surface area (Å²) >= 11 is 0. The van der Waals surface area contributed by atoms with Crippen LogP contribution in [0.4, 0.5) is 0 Å². The molecule has 0 spiro atoms. The highest BCUT2D eigenvalue weighted by Crippen LogP contribution is 2.45. The van der Waals surface area contributed by atoms with Gasteiger partial charge in [0.05, 0.1) is 26.4 Å². The van der Waals surface area contributed by atoms with Crippen LogP contribution in [0.5, 0.6) is 0 Å². The van der Waals surface area contributed by atoms with Crippen LogP contribution in [-0.2, 0) is 55.8 Å². The Morgan fingerprint density at radius 1 is 0.266 bits per heavy atom. The molecule has 0 aromatic carbocycles. The standard InChI is InChI=1S/C91H160O16P2/c1-4-7-10-13-16-19-22-24-26-28-30-32-34-36-38-40-41-42-43-45-47-48-50-52-54-56-58-60-63-65-68-71-74-77-89(94)101-80-86(92)81-103-108(97,98)104-82-87(93)83-105-109(99,100)106-85-88(107-91(96)79-76-73-70-67-62-21-18-15-12-9-6-3)84-102-90(95)78-75-72-69-66-64-61-59-57-55-53-51-49-46-44-39-37-35-33-31-29-27-25-23-20-17-14-11-8-5-2/h8,11,15-20,24-27,30-33,36-39,86-88,92-93H,4-7,9-10,12-14,21-23,28-29,34-35,40-85H2,1-3H3,(H,97,98)(H,99,100)/b11-8-,18-15-,19-16-,20-17-,26-24-,27-25-,32-30-,33-31-,38-36-,39-37-. The van der Waals surface area contributed by atoms with Gasteiger partial charge in [-0.25, -0.2) is 9.13 Å². The third kappa shape index (κ3) is 84.7. The van der Waals surface area contributed by atoms with Gasteiger partial charge in [0.1, 0.15) is 25.4 Å². The van der Waals surface area contributed by atoms with Gasteiger partial charge < -0.3 is 34.2 Å². The molecule has 4 N–H and O–H groups in total. The van der Waals surface area contributed by atoms with Crippen LogP contribution in [0.2, 0.25) is 0 Å². The Bertz CT molecular complexity index is 2460. The van der Waals surface area contributed by atoms with Crippen LogP contribution in [0.3, 0.4) is 0 Å². The number of aliphatic hydroxyl groups excluding tert-OH is 2. The molecule has 0 bridgehead atoms. The zero-order valence-electron chi connectivity index (χ0n) is 69.2. The number of phosphoric acid groups is 2. The summed E-state index contributed by atoms with van der Waals surface area (Å²) in [5.74, 6) is -1.57. The fourth-order valence-electron chi connectivity index (χ4n) is 12.0. The van der Waals surface area contributed by atoms with Crippen LogP contribution in [0.25, 0.3) is 0 Å². The van der Waals surface area contributed by atoms with E-state index in [4.69, 9.17) is 32.3 Å². The summed E-state index contributed by atoms with van der Waals surface area (Å²) in [5.41, 5.74) is 0. The Hall–Kier alpha value is -4.05. The predicted molar refractivity (Wildman–Crippen MR) is 454 cm³/mol. The molecule has 0 amide bonds. The van der Waals surface area contributed by atoms with E-state index in [-0.39, 0.29) is 19.3 Å². The van der Waals surface area contributed by atoms with Crippen LogP contribution < -0.4 is 0 Å². The van der Waals surface area contributed by atoms with Crippen molar-refractivity contribution < 1.29 is 75.8 Å². The maximum Gasteiger partial charge on any atom is 0.472 e. The Morgan fingerprint density at radius 3 is 0.807 bits per heavy atom. The first-order chi connectivity index (χ1) is 53.2. The number of hydrogen-bond donors (Lipinski definition) is 4. The lowest BCUT2D eigenvalue weighted by atomic mass is 10.0. The van der Waals surface area contributed by atoms with Crippen molar-refractivity contribution in [3.8, 4) is 0 Å². The summed E-state index contributed by atoms with van der Waals surface area (Å²) < 4.78 is 61.2. The number of allylic oxidation sites excluding steroid dienone is 20. The molecule has 0 fully saturated rings. The van der Waals surface area contributed by atoms with Crippen LogP contribution >= 0.6 is 15.6 Å². The van der Waals surface area contributed by atoms with E-state index in [2.05, 4.69) is 142 Å². The third-order valence-electron chi connectivity index (χ3n) is 18.6. The molecule has 18 heteroatoms. The monoisotopic (exact) mass is 1570 g/mol. The minimum Gasteiger partial charge on any atom is -0.463 e. The lowest BCUT2D eigenvalue weighted by molar-refractivity contribution is -0.161. The number of unbranched alkanes of at least 4 members (excludes halogenated alkanes) is 40. The van der Waals surface area contributed by atoms with Crippen molar-refractivity contribution in [1.82, 2.24) is 0 Å². The lowest BCUT2D eigenvalue weighted by Gasteiger charge is -2.21. The quantitative estimate of drug-likeness (QED) is 0.0146. The van der Waals surface area contributed by atoms with E-state index >= 15 is 0 Å². The highest BCUT2D eigenvalue weighted by atomic mass is 31.2. The van der Waals surface area contributed by atoms with Crippen molar-refractivity contribution >= 4 is 33.6 Å². The molecule has 0 saturated carbocycles. The first kappa shape index (κ1) is 105. The maximum absolute atomic E-state index is 12.9. The molecule has 0 aliphatic carbocycles. The first-order valence-corrected chi connectivity index (χ1v) is 46.8. The van der Waals surface area contributed by atoms with Crippen molar-refractivity contribution in [2.24, 2.45) is 0 Å². The maximum atomic E-state index is 12.9. The minimum atomic E-state index is -4.93. The summed E-state index contributed by atoms with van der Waals surface area (Å²) in [4.78, 5) is 58.7. The number of phosphoric ester groups is 2. The second-order valence-corrected chi connectivity index (χ2v) is 32.2. The number of carbonyl (C=O) groups excluding carboxylic acids is 3. The van der Waals surface area contributed by atoms with Crippen molar-refractivity contribution in [2.45, 2.75) is 399 Å². The Kier molecular flexibility index (Phi) is 80.3. The molecule has 0 aliphatic rings. The zero-order valence-corrected chi connectivity index (χ0v) is 71.0. The van der Waals surface area contributed by atoms with E-state index in [1.54, 1.807) is 0 Å². The van der Waals surface area contributed by atoms with Gasteiger partial charge in [0.2, 0.25) is 0 Å². The Morgan fingerprint density at radius 2 is 0.495 bits per heavy atom. The van der Waals surface area contributed by atoms with Gasteiger partial charge in [0.15, 0.2) is 6.10 Å². The van der Waals surface area contributed by atoms with E-state index in [1.807, 2.05) is 0 Å². The molecule has 0 saturated heterocycles. The molecular weight excluding hydrogens is 1410 g/mol. The van der Waals surface area contributed by atoms with Gasteiger partial charge in [-0.2, -0.15) is 0 Å². The van der Waals surface area contributed by atoms with Gasteiger partial charge in [0, 0.05) is 19.3 Å². The third-order valence-corrected chi connectivity index (χ3v) is 20.5. The molecule has 0 heterocycles. The highest BCUT2D eigenvalue weighted by molar-refractivity contribution is 7.47. The molecule has 5 unspecified atom stereocenters. The van der Waals surface area contributed by atoms with Gasteiger partial charge in [0.25, 0.3) is 0 Å². The van der Waals surface area contributed by atoms with Crippen LogP contribution in [0, 0.1) is 0 Å². The summed E-state index contributed by atoms with van der Waals surface area (Å²) in [6.07, 6.45) is 101. The van der Waals surface area contributed by atoms with E-state index in [0.717, 1.165) is 135 Å². The average molecular weight is 1570 g/mol. The van der Waals surface area contributed by atoms with E-state index in [1.165, 1.54) is 186 Å². The smallest absolute Gasteiger partial charge is 0.463 e. The van der Waals surface area contributed by atoms with Crippen molar-refractivity contribution in [2.75, 3.05) is 39.6 Å². The lowest BCUT2D eigenvalue weighted by Crippen LogP contribution is -2.30. The molecule has 0 radical (unpaired) electrons. The Labute approximate surface area is 665 Å². The highest BCUT2D eigenvalue weighted by Gasteiger charge is 2.29. The van der Waals surface area contributed by atoms with Crippen LogP contribution in [-0.4, -0.2) is 95.9 Å². The largest absolute Gasteiger partial charge is 0.472 e. The van der Waals surface area contributed by atoms with Crippen LogP contribution in [0.1, 0.15) is 380 Å². The number of esters is 3. The number of rotatable bonds is 83. The number of carbonyl (C=O) groups is 3. The van der Waals surface area contributed by atoms with Crippen molar-refractivity contribution in [1.29, 1.82) is 0 Å². The number of aliphatic hydroxyl groups is 2. The summed E-state index contributed by atoms with van der Waals surface area (Å²) in [6.45, 7) is 2.53. The van der Waals surface area contributed by atoms with Crippen LogP contribution in [0.15, 0.2) is 122 Å². The molecule has 0 aromatic heterocycles. The summed E-state index contributed by atoms with van der Waals surface area (Å²) in [5, 5.41) is 20.7. The average Bonchev–Trinajstić information content (AvgIpc) is 0.900. The first-order valence-electron chi connectivity index (χ1n) is 43.8. The predicted octanol–water partition coefficient (Wildman–Crippen LogP) is 26.4. The van der Waals surface area contributed by atoms with Gasteiger partial charge in [-0.3, -0.25) is 32.5 Å². The molecule has 0 aromatic rings. The fraction of sp³-hybridized carbons (Fsp3) is 0.747. The Balaban J connectivity index is 4.35. The molecular formula is C91H160O16P2. The van der Waals surface area contributed by atoms with Crippen molar-refractivity contribution in [3.05, 3.63) is 122 Å². The second kappa shape index (κ2) is 83.4. The summed E-state index contributed by atoms with van der Waals surface area (Å²) in [6, 6.07) is 0. The number of ether oxygens (including phenoxy) is 3. The molecule has 0 aliphatic heterocycles. The van der Waals surface area contributed by atoms with Gasteiger partial charge in [-0.1, -0.05) is 354 Å². The molecule has 16 nitrogen and oxygen atoms in total. The van der Waals surface area contributed by atoms with Gasteiger partial charge in [-0.15, -0.1) is 0 Å². The molecule has 5 atom stereocenters. The zero-order chi connectivity index (χ0) is 79.4. The van der Waals surface area contributed by atoms with E-state index in [9.17, 15) is 43.5 Å². The van der Waals surface area contributed by atoms with Gasteiger partial charge in [-0.05, 0) is 128 Å². The van der Waals surface area contributed by atoms with Crippen molar-refractivity contribution in [3.63, 3.8) is 0 Å². The fourth-order valence-corrected chi connectivity index (χ4v) is 13.6. The van der Waals surface area contributed by atoms with E-state index in [0.29, 0.717) is 19.3 Å².